The van der Waals surface area contributed by atoms with E-state index in [0.717, 1.165) is 50.4 Å². The summed E-state index contributed by atoms with van der Waals surface area (Å²) in [7, 11) is 0. The molecule has 5 nitrogen and oxygen atoms in total. The molecule has 1 fully saturated rings. The van der Waals surface area contributed by atoms with Crippen LogP contribution in [-0.2, 0) is 11.2 Å². The molecule has 2 N–H and O–H groups in total. The summed E-state index contributed by atoms with van der Waals surface area (Å²) in [5.74, 6) is 0. The van der Waals surface area contributed by atoms with Crippen LogP contribution >= 0.6 is 0 Å². The minimum atomic E-state index is -0.156. The van der Waals surface area contributed by atoms with Crippen LogP contribution < -0.4 is 10.6 Å². The lowest BCUT2D eigenvalue weighted by molar-refractivity contribution is 0.0339. The van der Waals surface area contributed by atoms with E-state index in [1.165, 1.54) is 5.56 Å². The van der Waals surface area contributed by atoms with Gasteiger partial charge in [0.05, 0.1) is 25.3 Å². The van der Waals surface area contributed by atoms with Crippen molar-refractivity contribution in [2.24, 2.45) is 0 Å². The maximum atomic E-state index is 13.2. The van der Waals surface area contributed by atoms with Crippen LogP contribution in [0.15, 0.2) is 91.0 Å². The summed E-state index contributed by atoms with van der Waals surface area (Å²) in [4.78, 5) is 15.5. The Hall–Kier alpha value is -3.15. The monoisotopic (exact) mass is 429 g/mol. The first-order chi connectivity index (χ1) is 15.8. The van der Waals surface area contributed by atoms with Crippen LogP contribution in [0.25, 0.3) is 0 Å². The molecule has 5 heteroatoms. The number of morpholine rings is 1. The molecule has 0 radical (unpaired) electrons. The molecule has 0 saturated carbocycles. The van der Waals surface area contributed by atoms with Gasteiger partial charge in [0, 0.05) is 19.6 Å². The van der Waals surface area contributed by atoms with Crippen molar-refractivity contribution in [1.82, 2.24) is 15.5 Å². The molecule has 1 heterocycles. The number of nitrogens with one attached hydrogen (secondary N) is 2. The fourth-order valence-corrected chi connectivity index (χ4v) is 4.11. The van der Waals surface area contributed by atoms with Gasteiger partial charge < -0.3 is 15.4 Å². The highest BCUT2D eigenvalue weighted by Gasteiger charge is 2.22. The molecule has 2 amide bonds. The Balaban J connectivity index is 1.47. The second-order valence-electron chi connectivity index (χ2n) is 8.15. The third-order valence-electron chi connectivity index (χ3n) is 5.84. The van der Waals surface area contributed by atoms with Gasteiger partial charge in [0.1, 0.15) is 0 Å². The SMILES string of the molecule is O=C(NC(Cc1ccccc1)c1ccccc1)NC(CN1CCOCC1)c1ccccc1. The van der Waals surface area contributed by atoms with E-state index in [0.29, 0.717) is 0 Å². The van der Waals surface area contributed by atoms with Crippen LogP contribution in [0.4, 0.5) is 4.79 Å². The van der Waals surface area contributed by atoms with E-state index in [4.69, 9.17) is 4.74 Å². The van der Waals surface area contributed by atoms with Crippen LogP contribution in [0, 0.1) is 0 Å². The minimum Gasteiger partial charge on any atom is -0.379 e. The highest BCUT2D eigenvalue weighted by Crippen LogP contribution is 2.20. The Morgan fingerprint density at radius 1 is 0.750 bits per heavy atom. The Bertz CT molecular complexity index is 944. The molecule has 4 rings (SSSR count). The molecule has 3 aromatic carbocycles. The number of urea groups is 1. The van der Waals surface area contributed by atoms with Crippen LogP contribution in [0.2, 0.25) is 0 Å². The summed E-state index contributed by atoms with van der Waals surface area (Å²) in [5.41, 5.74) is 3.39. The van der Waals surface area contributed by atoms with Crippen molar-refractivity contribution in [1.29, 1.82) is 0 Å². The zero-order chi connectivity index (χ0) is 22.0. The second kappa shape index (κ2) is 11.5. The van der Waals surface area contributed by atoms with Crippen molar-refractivity contribution < 1.29 is 9.53 Å². The zero-order valence-electron chi connectivity index (χ0n) is 18.3. The number of rotatable bonds is 8. The number of amides is 2. The molecule has 0 spiro atoms. The van der Waals surface area contributed by atoms with Gasteiger partial charge in [0.2, 0.25) is 0 Å². The topological polar surface area (TPSA) is 53.6 Å². The lowest BCUT2D eigenvalue weighted by Crippen LogP contribution is -2.46. The smallest absolute Gasteiger partial charge is 0.315 e. The van der Waals surface area contributed by atoms with Crippen molar-refractivity contribution in [2.45, 2.75) is 18.5 Å². The Morgan fingerprint density at radius 3 is 1.84 bits per heavy atom. The number of ether oxygens (including phenoxy) is 1. The molecule has 166 valence electrons. The van der Waals surface area contributed by atoms with Gasteiger partial charge in [-0.3, -0.25) is 4.90 Å². The van der Waals surface area contributed by atoms with E-state index >= 15 is 0 Å². The Labute approximate surface area is 190 Å². The molecule has 1 saturated heterocycles. The van der Waals surface area contributed by atoms with Gasteiger partial charge in [-0.15, -0.1) is 0 Å². The summed E-state index contributed by atoms with van der Waals surface area (Å²) in [6, 6.07) is 30.2. The Kier molecular flexibility index (Phi) is 7.90. The van der Waals surface area contributed by atoms with Crippen molar-refractivity contribution in [3.63, 3.8) is 0 Å². The van der Waals surface area contributed by atoms with Crippen LogP contribution in [0.1, 0.15) is 28.8 Å². The van der Waals surface area contributed by atoms with E-state index in [-0.39, 0.29) is 18.1 Å². The molecular weight excluding hydrogens is 398 g/mol. The summed E-state index contributed by atoms with van der Waals surface area (Å²) in [6.45, 7) is 4.00. The van der Waals surface area contributed by atoms with Crippen LogP contribution in [0.3, 0.4) is 0 Å². The highest BCUT2D eigenvalue weighted by molar-refractivity contribution is 5.75. The first-order valence-corrected chi connectivity index (χ1v) is 11.3. The van der Waals surface area contributed by atoms with E-state index in [9.17, 15) is 4.79 Å². The summed E-state index contributed by atoms with van der Waals surface area (Å²) in [6.07, 6.45) is 0.734. The number of benzene rings is 3. The van der Waals surface area contributed by atoms with Gasteiger partial charge in [0.15, 0.2) is 0 Å². The first-order valence-electron chi connectivity index (χ1n) is 11.3. The van der Waals surface area contributed by atoms with Crippen LogP contribution in [0.5, 0.6) is 0 Å². The molecule has 32 heavy (non-hydrogen) atoms. The molecule has 3 aromatic rings. The van der Waals surface area contributed by atoms with Gasteiger partial charge in [-0.2, -0.15) is 0 Å². The number of nitrogens with zero attached hydrogens (tertiary/aromatic N) is 1. The fourth-order valence-electron chi connectivity index (χ4n) is 4.11. The fraction of sp³-hybridized carbons (Fsp3) is 0.296. The lowest BCUT2D eigenvalue weighted by Gasteiger charge is -2.31. The van der Waals surface area contributed by atoms with Gasteiger partial charge in [-0.05, 0) is 23.1 Å². The van der Waals surface area contributed by atoms with Crippen molar-refractivity contribution in [2.75, 3.05) is 32.8 Å². The number of hydrogen-bond donors (Lipinski definition) is 2. The van der Waals surface area contributed by atoms with E-state index in [1.54, 1.807) is 0 Å². The minimum absolute atomic E-state index is 0.0950. The second-order valence-corrected chi connectivity index (χ2v) is 8.15. The molecule has 2 atom stereocenters. The average Bonchev–Trinajstić information content (AvgIpc) is 2.86. The van der Waals surface area contributed by atoms with E-state index in [1.807, 2.05) is 54.6 Å². The number of carbonyl (C=O) groups excluding carboxylic acids is 1. The van der Waals surface area contributed by atoms with Gasteiger partial charge >= 0.3 is 6.03 Å². The normalized spacial score (nSPS) is 16.1. The quantitative estimate of drug-likeness (QED) is 0.560. The molecule has 1 aliphatic heterocycles. The summed E-state index contributed by atoms with van der Waals surface area (Å²) >= 11 is 0. The molecule has 2 unspecified atom stereocenters. The standard InChI is InChI=1S/C27H31N3O2/c31-27(28-25(23-12-6-2-7-13-23)20-22-10-4-1-5-11-22)29-26(24-14-8-3-9-15-24)21-30-16-18-32-19-17-30/h1-15,25-26H,16-21H2,(H2,28,29,31). The third kappa shape index (κ3) is 6.42. The first kappa shape index (κ1) is 22.1. The number of hydrogen-bond acceptors (Lipinski definition) is 3. The Morgan fingerprint density at radius 2 is 1.25 bits per heavy atom. The van der Waals surface area contributed by atoms with Gasteiger partial charge in [-0.25, -0.2) is 4.79 Å². The van der Waals surface area contributed by atoms with Crippen LogP contribution in [-0.4, -0.2) is 43.8 Å². The van der Waals surface area contributed by atoms with Crippen molar-refractivity contribution >= 4 is 6.03 Å². The lowest BCUT2D eigenvalue weighted by atomic mass is 9.99. The van der Waals surface area contributed by atoms with Crippen molar-refractivity contribution in [3.8, 4) is 0 Å². The summed E-state index contributed by atoms with van der Waals surface area (Å²) < 4.78 is 5.48. The molecule has 0 aromatic heterocycles. The summed E-state index contributed by atoms with van der Waals surface area (Å²) in [5, 5.41) is 6.46. The molecule has 0 bridgehead atoms. The molecule has 0 aliphatic carbocycles. The maximum absolute atomic E-state index is 13.2. The van der Waals surface area contributed by atoms with Crippen molar-refractivity contribution in [3.05, 3.63) is 108 Å². The van der Waals surface area contributed by atoms with Gasteiger partial charge in [-0.1, -0.05) is 91.0 Å². The zero-order valence-corrected chi connectivity index (χ0v) is 18.3. The van der Waals surface area contributed by atoms with E-state index in [2.05, 4.69) is 51.9 Å². The van der Waals surface area contributed by atoms with Gasteiger partial charge in [0.25, 0.3) is 0 Å². The highest BCUT2D eigenvalue weighted by atomic mass is 16.5. The third-order valence-corrected chi connectivity index (χ3v) is 5.84. The molecular formula is C27H31N3O2. The predicted molar refractivity (Wildman–Crippen MR) is 127 cm³/mol. The molecule has 1 aliphatic rings. The average molecular weight is 430 g/mol. The largest absolute Gasteiger partial charge is 0.379 e. The maximum Gasteiger partial charge on any atom is 0.315 e. The predicted octanol–water partition coefficient (Wildman–Crippen LogP) is 4.34. The van der Waals surface area contributed by atoms with E-state index < -0.39 is 0 Å². The number of carbonyl (C=O) groups is 1.